The Hall–Kier alpha value is -2.32. The standard InChI is InChI=1S/C16H16F2N2O3S/c1-3-5-10(4-2)14-13(15(16(17)18)23-20-14)11-6-8-12(9-7-11)24(19,21)22/h3-9,16H,1-2H3,(H2,19,21,22)/b5-3-,10-4+. The van der Waals surface area contributed by atoms with Gasteiger partial charge in [0.25, 0.3) is 6.43 Å². The Kier molecular flexibility index (Phi) is 5.30. The summed E-state index contributed by atoms with van der Waals surface area (Å²) in [4.78, 5) is -0.109. The normalized spacial score (nSPS) is 13.2. The zero-order valence-corrected chi connectivity index (χ0v) is 13.8. The maximum absolute atomic E-state index is 13.3. The molecule has 0 amide bonds. The predicted octanol–water partition coefficient (Wildman–Crippen LogP) is 3.91. The number of halogens is 2. The van der Waals surface area contributed by atoms with Gasteiger partial charge in [0, 0.05) is 0 Å². The number of benzene rings is 1. The monoisotopic (exact) mass is 354 g/mol. The minimum Gasteiger partial charge on any atom is -0.354 e. The molecule has 1 heterocycles. The molecule has 1 aromatic heterocycles. The number of aromatic nitrogens is 1. The molecule has 8 heteroatoms. The van der Waals surface area contributed by atoms with Crippen LogP contribution in [0.5, 0.6) is 0 Å². The fourth-order valence-corrected chi connectivity index (χ4v) is 2.75. The first-order chi connectivity index (χ1) is 11.3. The van der Waals surface area contributed by atoms with E-state index in [4.69, 9.17) is 9.66 Å². The van der Waals surface area contributed by atoms with Gasteiger partial charge in [-0.25, -0.2) is 22.3 Å². The summed E-state index contributed by atoms with van der Waals surface area (Å²) in [5, 5.41) is 8.80. The van der Waals surface area contributed by atoms with Gasteiger partial charge in [-0.3, -0.25) is 0 Å². The summed E-state index contributed by atoms with van der Waals surface area (Å²) in [6.07, 6.45) is 2.33. The highest BCUT2D eigenvalue weighted by Crippen LogP contribution is 2.37. The molecular weight excluding hydrogens is 338 g/mol. The summed E-state index contributed by atoms with van der Waals surface area (Å²) >= 11 is 0. The fraction of sp³-hybridized carbons (Fsp3) is 0.188. The average molecular weight is 354 g/mol. The number of nitrogens with two attached hydrogens (primary N) is 1. The largest absolute Gasteiger partial charge is 0.354 e. The number of alkyl halides is 2. The smallest absolute Gasteiger partial charge is 0.298 e. The second kappa shape index (κ2) is 7.06. The Morgan fingerprint density at radius 1 is 1.25 bits per heavy atom. The molecular formula is C16H16F2N2O3S. The molecule has 0 fully saturated rings. The van der Waals surface area contributed by atoms with Crippen molar-refractivity contribution in [3.05, 3.63) is 53.9 Å². The van der Waals surface area contributed by atoms with Crippen molar-refractivity contribution in [2.45, 2.75) is 25.2 Å². The van der Waals surface area contributed by atoms with E-state index < -0.39 is 22.2 Å². The number of nitrogens with zero attached hydrogens (tertiary/aromatic N) is 1. The van der Waals surface area contributed by atoms with E-state index in [0.29, 0.717) is 11.1 Å². The van der Waals surface area contributed by atoms with Crippen LogP contribution < -0.4 is 5.14 Å². The van der Waals surface area contributed by atoms with Crippen molar-refractivity contribution in [3.63, 3.8) is 0 Å². The average Bonchev–Trinajstić information content (AvgIpc) is 2.96. The van der Waals surface area contributed by atoms with Crippen LogP contribution in [-0.2, 0) is 10.0 Å². The Morgan fingerprint density at radius 3 is 2.33 bits per heavy atom. The molecule has 5 nitrogen and oxygen atoms in total. The van der Waals surface area contributed by atoms with Gasteiger partial charge in [0.1, 0.15) is 5.69 Å². The zero-order chi connectivity index (χ0) is 17.9. The molecule has 1 aromatic carbocycles. The molecule has 2 N–H and O–H groups in total. The number of rotatable bonds is 5. The minimum absolute atomic E-state index is 0.109. The van der Waals surface area contributed by atoms with Crippen LogP contribution in [-0.4, -0.2) is 13.6 Å². The Bertz CT molecular complexity index is 883. The first-order valence-corrected chi connectivity index (χ1v) is 8.54. The van der Waals surface area contributed by atoms with Crippen LogP contribution in [0, 0.1) is 0 Å². The predicted molar refractivity (Wildman–Crippen MR) is 86.7 cm³/mol. The molecule has 24 heavy (non-hydrogen) atoms. The quantitative estimate of drug-likeness (QED) is 0.825. The van der Waals surface area contributed by atoms with Crippen LogP contribution in [0.2, 0.25) is 0 Å². The van der Waals surface area contributed by atoms with Gasteiger partial charge in [0.2, 0.25) is 15.8 Å². The summed E-state index contributed by atoms with van der Waals surface area (Å²) < 4.78 is 54.0. The van der Waals surface area contributed by atoms with Crippen LogP contribution in [0.15, 0.2) is 51.9 Å². The van der Waals surface area contributed by atoms with Gasteiger partial charge in [-0.2, -0.15) is 0 Å². The first-order valence-electron chi connectivity index (χ1n) is 7.00. The van der Waals surface area contributed by atoms with Crippen molar-refractivity contribution in [1.82, 2.24) is 5.16 Å². The molecule has 0 aliphatic rings. The van der Waals surface area contributed by atoms with Crippen molar-refractivity contribution in [1.29, 1.82) is 0 Å². The second-order valence-electron chi connectivity index (χ2n) is 4.88. The maximum Gasteiger partial charge on any atom is 0.298 e. The lowest BCUT2D eigenvalue weighted by molar-refractivity contribution is 0.113. The molecule has 2 aromatic rings. The molecule has 2 rings (SSSR count). The highest BCUT2D eigenvalue weighted by Gasteiger charge is 2.26. The first kappa shape index (κ1) is 18.0. The van der Waals surface area contributed by atoms with Gasteiger partial charge in [0.05, 0.1) is 10.5 Å². The minimum atomic E-state index is -3.86. The van der Waals surface area contributed by atoms with E-state index in [1.165, 1.54) is 24.3 Å². The van der Waals surface area contributed by atoms with Gasteiger partial charge >= 0.3 is 0 Å². The number of primary sulfonamides is 1. The summed E-state index contributed by atoms with van der Waals surface area (Å²) in [5.41, 5.74) is 1.35. The third-order valence-corrected chi connectivity index (χ3v) is 4.25. The van der Waals surface area contributed by atoms with E-state index in [2.05, 4.69) is 5.16 Å². The van der Waals surface area contributed by atoms with Crippen LogP contribution in [0.4, 0.5) is 8.78 Å². The van der Waals surface area contributed by atoms with E-state index in [9.17, 15) is 17.2 Å². The van der Waals surface area contributed by atoms with Crippen molar-refractivity contribution in [2.24, 2.45) is 5.14 Å². The van der Waals surface area contributed by atoms with E-state index in [1.807, 2.05) is 0 Å². The van der Waals surface area contributed by atoms with Crippen molar-refractivity contribution < 1.29 is 21.7 Å². The number of sulfonamides is 1. The number of allylic oxidation sites excluding steroid dienone is 4. The summed E-state index contributed by atoms with van der Waals surface area (Å²) in [5.74, 6) is -0.572. The van der Waals surface area contributed by atoms with Crippen molar-refractivity contribution in [2.75, 3.05) is 0 Å². The van der Waals surface area contributed by atoms with Gasteiger partial charge in [-0.05, 0) is 37.1 Å². The Balaban J connectivity index is 2.65. The summed E-state index contributed by atoms with van der Waals surface area (Å²) in [7, 11) is -3.86. The molecule has 0 saturated heterocycles. The topological polar surface area (TPSA) is 86.2 Å². The van der Waals surface area contributed by atoms with E-state index >= 15 is 0 Å². The van der Waals surface area contributed by atoms with E-state index in [-0.39, 0.29) is 16.2 Å². The van der Waals surface area contributed by atoms with Crippen LogP contribution in [0.3, 0.4) is 0 Å². The van der Waals surface area contributed by atoms with Crippen LogP contribution in [0.1, 0.15) is 31.7 Å². The Morgan fingerprint density at radius 2 is 1.88 bits per heavy atom. The van der Waals surface area contributed by atoms with Gasteiger partial charge < -0.3 is 4.52 Å². The second-order valence-corrected chi connectivity index (χ2v) is 6.45. The highest BCUT2D eigenvalue weighted by molar-refractivity contribution is 7.89. The molecule has 128 valence electrons. The van der Waals surface area contributed by atoms with Crippen LogP contribution in [0.25, 0.3) is 16.7 Å². The molecule has 0 bridgehead atoms. The lowest BCUT2D eigenvalue weighted by Gasteiger charge is -2.06. The zero-order valence-electron chi connectivity index (χ0n) is 13.0. The van der Waals surface area contributed by atoms with Crippen molar-refractivity contribution >= 4 is 15.6 Å². The summed E-state index contributed by atoms with van der Waals surface area (Å²) in [6.45, 7) is 3.54. The van der Waals surface area contributed by atoms with E-state index in [1.54, 1.807) is 32.1 Å². The molecule has 0 unspecified atom stereocenters. The van der Waals surface area contributed by atoms with Gasteiger partial charge in [0.15, 0.2) is 0 Å². The highest BCUT2D eigenvalue weighted by atomic mass is 32.2. The van der Waals surface area contributed by atoms with Gasteiger partial charge in [-0.15, -0.1) is 0 Å². The summed E-state index contributed by atoms with van der Waals surface area (Å²) in [6, 6.07) is 5.29. The number of hydrogen-bond donors (Lipinski definition) is 1. The van der Waals surface area contributed by atoms with Crippen molar-refractivity contribution in [3.8, 4) is 11.1 Å². The molecule has 0 aliphatic heterocycles. The van der Waals surface area contributed by atoms with Crippen LogP contribution >= 0.6 is 0 Å². The fourth-order valence-electron chi connectivity index (χ4n) is 2.23. The molecule has 0 atom stereocenters. The number of hydrogen-bond acceptors (Lipinski definition) is 4. The molecule has 0 saturated carbocycles. The lowest BCUT2D eigenvalue weighted by Crippen LogP contribution is -2.11. The van der Waals surface area contributed by atoms with Gasteiger partial charge in [-0.1, -0.05) is 35.5 Å². The molecule has 0 aliphatic carbocycles. The van der Waals surface area contributed by atoms with E-state index in [0.717, 1.165) is 0 Å². The SMILES string of the molecule is C/C=C\C(=C/C)c1noc(C(F)F)c1-c1ccc(S(N)(=O)=O)cc1. The lowest BCUT2D eigenvalue weighted by atomic mass is 9.99. The molecule has 0 radical (unpaired) electrons. The third kappa shape index (κ3) is 3.60. The molecule has 0 spiro atoms. The maximum atomic E-state index is 13.3. The third-order valence-electron chi connectivity index (χ3n) is 3.32. The Labute approximate surface area is 138 Å².